The Bertz CT molecular complexity index is 1320. The number of H-pyrrole nitrogens is 1. The lowest BCUT2D eigenvalue weighted by Gasteiger charge is -2.33. The topological polar surface area (TPSA) is 97.4 Å². The van der Waals surface area contributed by atoms with Crippen molar-refractivity contribution < 1.29 is 13.8 Å². The second-order valence-corrected chi connectivity index (χ2v) is 8.96. The second kappa shape index (κ2) is 9.66. The van der Waals surface area contributed by atoms with Crippen LogP contribution in [-0.2, 0) is 11.3 Å². The molecule has 1 N–H and O–H groups in total. The van der Waals surface area contributed by atoms with Gasteiger partial charge in [0.15, 0.2) is 5.82 Å². The summed E-state index contributed by atoms with van der Waals surface area (Å²) < 4.78 is 16.3. The largest absolute Gasteiger partial charge is 0.439 e. The summed E-state index contributed by atoms with van der Waals surface area (Å²) in [7, 11) is 0. The van der Waals surface area contributed by atoms with E-state index in [1.54, 1.807) is 18.2 Å². The Balaban J connectivity index is 1.20. The van der Waals surface area contributed by atoms with Gasteiger partial charge in [0.25, 0.3) is 0 Å². The third kappa shape index (κ3) is 4.61. The molecule has 10 heteroatoms. The molecule has 0 bridgehead atoms. The van der Waals surface area contributed by atoms with Crippen molar-refractivity contribution in [3.63, 3.8) is 0 Å². The maximum Gasteiger partial charge on any atom is 0.439 e. The van der Waals surface area contributed by atoms with Gasteiger partial charge in [-0.25, -0.2) is 4.79 Å². The van der Waals surface area contributed by atoms with Crippen molar-refractivity contribution in [3.05, 3.63) is 74.4 Å². The number of anilines is 1. The Hall–Kier alpha value is -3.07. The van der Waals surface area contributed by atoms with E-state index in [9.17, 15) is 4.79 Å². The maximum atomic E-state index is 11.2. The van der Waals surface area contributed by atoms with E-state index in [0.717, 1.165) is 42.7 Å². The van der Waals surface area contributed by atoms with E-state index < -0.39 is 5.76 Å². The number of rotatable bonds is 6. The van der Waals surface area contributed by atoms with E-state index in [2.05, 4.69) is 24.7 Å². The monoisotopic (exact) mass is 500 g/mol. The predicted octanol–water partition coefficient (Wildman–Crippen LogP) is 5.49. The van der Waals surface area contributed by atoms with Gasteiger partial charge in [-0.05, 0) is 56.2 Å². The Labute approximate surface area is 205 Å². The zero-order valence-corrected chi connectivity index (χ0v) is 19.9. The minimum absolute atomic E-state index is 0.125. The highest BCUT2D eigenvalue weighted by Crippen LogP contribution is 2.37. The van der Waals surface area contributed by atoms with Crippen molar-refractivity contribution in [2.75, 3.05) is 18.0 Å². The molecule has 8 nitrogen and oxygen atoms in total. The fourth-order valence-corrected chi connectivity index (χ4v) is 4.72. The van der Waals surface area contributed by atoms with Crippen molar-refractivity contribution in [1.82, 2.24) is 15.3 Å². The molecule has 4 aromatic rings. The number of halogens is 2. The number of hydrogen-bond acceptors (Lipinski definition) is 7. The lowest BCUT2D eigenvalue weighted by molar-refractivity contribution is 0.0248. The van der Waals surface area contributed by atoms with Crippen molar-refractivity contribution >= 4 is 28.9 Å². The third-order valence-corrected chi connectivity index (χ3v) is 6.67. The molecule has 0 atom stereocenters. The van der Waals surface area contributed by atoms with Gasteiger partial charge in [-0.15, -0.1) is 0 Å². The van der Waals surface area contributed by atoms with Crippen molar-refractivity contribution in [3.8, 4) is 22.6 Å². The molecule has 3 heterocycles. The molecule has 176 valence electrons. The summed E-state index contributed by atoms with van der Waals surface area (Å²) in [5.41, 5.74) is 4.05. The summed E-state index contributed by atoms with van der Waals surface area (Å²) in [6.07, 6.45) is 1.91. The summed E-state index contributed by atoms with van der Waals surface area (Å²) in [5, 5.41) is 8.96. The van der Waals surface area contributed by atoms with Crippen LogP contribution in [0, 0.1) is 6.92 Å². The number of ether oxygens (including phenoxy) is 1. The van der Waals surface area contributed by atoms with Crippen LogP contribution in [0.4, 0.5) is 5.69 Å². The molecule has 1 fully saturated rings. The number of piperidine rings is 1. The van der Waals surface area contributed by atoms with E-state index >= 15 is 0 Å². The number of hydrogen-bond donors (Lipinski definition) is 1. The number of benzene rings is 2. The second-order valence-electron chi connectivity index (χ2n) is 8.15. The minimum Gasteiger partial charge on any atom is -0.373 e. The Morgan fingerprint density at radius 1 is 1.06 bits per heavy atom. The molecule has 34 heavy (non-hydrogen) atoms. The van der Waals surface area contributed by atoms with Crippen LogP contribution in [0.25, 0.3) is 22.6 Å². The smallest absolute Gasteiger partial charge is 0.373 e. The van der Waals surface area contributed by atoms with Gasteiger partial charge in [-0.2, -0.15) is 0 Å². The van der Waals surface area contributed by atoms with Gasteiger partial charge in [0.05, 0.1) is 22.8 Å². The molecule has 2 aromatic carbocycles. The lowest BCUT2D eigenvalue weighted by atomic mass is 10.0. The van der Waals surface area contributed by atoms with Crippen LogP contribution in [0.1, 0.15) is 24.2 Å². The molecule has 0 saturated carbocycles. The zero-order valence-electron chi connectivity index (χ0n) is 18.4. The van der Waals surface area contributed by atoms with Gasteiger partial charge in [0.2, 0.25) is 0 Å². The van der Waals surface area contributed by atoms with Crippen LogP contribution in [0.15, 0.2) is 56.3 Å². The Morgan fingerprint density at radius 2 is 1.76 bits per heavy atom. The molecule has 5 rings (SSSR count). The van der Waals surface area contributed by atoms with Crippen LogP contribution in [0.3, 0.4) is 0 Å². The van der Waals surface area contributed by atoms with Crippen LogP contribution >= 0.6 is 23.2 Å². The van der Waals surface area contributed by atoms with Gasteiger partial charge >= 0.3 is 5.76 Å². The molecule has 0 radical (unpaired) electrons. The molecular formula is C24H22Cl2N4O4. The number of aryl methyl sites for hydroxylation is 1. The predicted molar refractivity (Wildman–Crippen MR) is 129 cm³/mol. The van der Waals surface area contributed by atoms with Gasteiger partial charge in [-0.1, -0.05) is 39.6 Å². The van der Waals surface area contributed by atoms with Gasteiger partial charge < -0.3 is 14.2 Å². The Kier molecular flexibility index (Phi) is 6.45. The number of nitrogens with one attached hydrogen (secondary N) is 1. The molecule has 0 amide bonds. The van der Waals surface area contributed by atoms with Gasteiger partial charge in [-0.3, -0.25) is 9.51 Å². The van der Waals surface area contributed by atoms with Gasteiger partial charge in [0.1, 0.15) is 11.5 Å². The number of aromatic nitrogens is 3. The minimum atomic E-state index is -0.565. The standard InChI is InChI=1S/C24H22Cl2N4O4/c1-14-18(22(28-33-14)21-19(25)3-2-4-20(21)26)13-32-17-9-11-30(12-10-17)16-7-5-15(6-8-16)23-27-24(31)34-29-23/h2-8,17H,9-13H2,1H3,(H,27,29,31). The quantitative estimate of drug-likeness (QED) is 0.373. The van der Waals surface area contributed by atoms with Crippen molar-refractivity contribution in [2.45, 2.75) is 32.5 Å². The molecule has 0 spiro atoms. The normalized spacial score (nSPS) is 14.6. The van der Waals surface area contributed by atoms with Crippen LogP contribution in [0.5, 0.6) is 0 Å². The van der Waals surface area contributed by atoms with Crippen LogP contribution in [0.2, 0.25) is 10.0 Å². The van der Waals surface area contributed by atoms with E-state index in [0.29, 0.717) is 39.5 Å². The van der Waals surface area contributed by atoms with Crippen molar-refractivity contribution in [2.24, 2.45) is 0 Å². The summed E-state index contributed by atoms with van der Waals surface area (Å²) in [5.74, 6) is 0.548. The summed E-state index contributed by atoms with van der Waals surface area (Å²) in [6, 6.07) is 13.2. The molecular weight excluding hydrogens is 479 g/mol. The third-order valence-electron chi connectivity index (χ3n) is 6.04. The molecule has 1 aliphatic heterocycles. The first-order valence-electron chi connectivity index (χ1n) is 10.9. The van der Waals surface area contributed by atoms with Crippen molar-refractivity contribution in [1.29, 1.82) is 0 Å². The van der Waals surface area contributed by atoms with E-state index in [-0.39, 0.29) is 6.10 Å². The first-order chi connectivity index (χ1) is 16.5. The molecule has 2 aromatic heterocycles. The van der Waals surface area contributed by atoms with E-state index in [1.165, 1.54) is 0 Å². The number of nitrogens with zero attached hydrogens (tertiary/aromatic N) is 3. The summed E-state index contributed by atoms with van der Waals surface area (Å²) in [6.45, 7) is 3.98. The summed E-state index contributed by atoms with van der Waals surface area (Å²) >= 11 is 12.8. The highest BCUT2D eigenvalue weighted by molar-refractivity contribution is 6.39. The highest BCUT2D eigenvalue weighted by atomic mass is 35.5. The fourth-order valence-electron chi connectivity index (χ4n) is 4.15. The van der Waals surface area contributed by atoms with E-state index in [1.807, 2.05) is 31.2 Å². The first-order valence-corrected chi connectivity index (χ1v) is 11.7. The first kappa shape index (κ1) is 22.7. The number of aromatic amines is 1. The van der Waals surface area contributed by atoms with E-state index in [4.69, 9.17) is 32.5 Å². The Morgan fingerprint density at radius 3 is 2.41 bits per heavy atom. The van der Waals surface area contributed by atoms with Crippen LogP contribution < -0.4 is 10.7 Å². The molecule has 0 unspecified atom stereocenters. The fraction of sp³-hybridized carbons (Fsp3) is 0.292. The maximum absolute atomic E-state index is 11.2. The molecule has 0 aliphatic carbocycles. The van der Waals surface area contributed by atoms with Crippen LogP contribution in [-0.4, -0.2) is 34.5 Å². The van der Waals surface area contributed by atoms with Gasteiger partial charge in [0, 0.05) is 35.5 Å². The zero-order chi connectivity index (χ0) is 23.7. The highest BCUT2D eigenvalue weighted by Gasteiger charge is 2.24. The lowest BCUT2D eigenvalue weighted by Crippen LogP contribution is -2.37. The molecule has 1 saturated heterocycles. The summed E-state index contributed by atoms with van der Waals surface area (Å²) in [4.78, 5) is 16.0. The SMILES string of the molecule is Cc1onc(-c2c(Cl)cccc2Cl)c1COC1CCN(c2ccc(-c3noc(=O)[nH]3)cc2)CC1. The molecule has 1 aliphatic rings. The average Bonchev–Trinajstić information content (AvgIpc) is 3.44. The average molecular weight is 501 g/mol.